The highest BCUT2D eigenvalue weighted by molar-refractivity contribution is 5.43. The number of ether oxygens (including phenoxy) is 1. The minimum atomic E-state index is -0.903. The van der Waals surface area contributed by atoms with Crippen LogP contribution in [0.25, 0.3) is 0 Å². The minimum absolute atomic E-state index is 0.681. The van der Waals surface area contributed by atoms with E-state index in [1.165, 1.54) is 44.3 Å². The van der Waals surface area contributed by atoms with Crippen molar-refractivity contribution in [3.63, 3.8) is 0 Å². The number of quaternary nitrogens is 1. The highest BCUT2D eigenvalue weighted by Gasteiger charge is 2.29. The molecule has 0 spiro atoms. The highest BCUT2D eigenvalue weighted by Crippen LogP contribution is 2.32. The van der Waals surface area contributed by atoms with Crippen LogP contribution in [0.3, 0.4) is 0 Å². The average Bonchev–Trinajstić information content (AvgIpc) is 2.89. The lowest BCUT2D eigenvalue weighted by atomic mass is 9.95. The summed E-state index contributed by atoms with van der Waals surface area (Å²) in [4.78, 5) is 0. The van der Waals surface area contributed by atoms with Crippen molar-refractivity contribution in [1.82, 2.24) is 0 Å². The summed E-state index contributed by atoms with van der Waals surface area (Å²) in [6.45, 7) is 10.9. The molecular formula is C25H36NO2+. The number of para-hydroxylation sites is 1. The fraction of sp³-hybridized carbons (Fsp3) is 0.520. The van der Waals surface area contributed by atoms with E-state index in [2.05, 4.69) is 43.3 Å². The first-order valence-electron chi connectivity index (χ1n) is 10.7. The molecule has 28 heavy (non-hydrogen) atoms. The monoisotopic (exact) mass is 382 g/mol. The summed E-state index contributed by atoms with van der Waals surface area (Å²) >= 11 is 0. The molecule has 1 heterocycles. The minimum Gasteiger partial charge on any atom is -0.487 e. The Balaban J connectivity index is 1.74. The summed E-state index contributed by atoms with van der Waals surface area (Å²) in [5.41, 5.74) is 2.47. The van der Waals surface area contributed by atoms with E-state index in [1.807, 2.05) is 26.0 Å². The molecule has 2 aromatic rings. The molecule has 0 unspecified atom stereocenters. The van der Waals surface area contributed by atoms with Gasteiger partial charge >= 0.3 is 0 Å². The number of nitrogens with zero attached hydrogens (tertiary/aromatic N) is 1. The molecule has 3 heteroatoms. The van der Waals surface area contributed by atoms with Gasteiger partial charge in [-0.2, -0.15) is 0 Å². The van der Waals surface area contributed by atoms with Crippen molar-refractivity contribution in [1.29, 1.82) is 0 Å². The van der Waals surface area contributed by atoms with Gasteiger partial charge in [0.15, 0.2) is 0 Å². The zero-order valence-corrected chi connectivity index (χ0v) is 17.8. The average molecular weight is 383 g/mol. The molecule has 1 N–H and O–H groups in total. The van der Waals surface area contributed by atoms with E-state index in [0.29, 0.717) is 6.61 Å². The molecule has 0 aromatic heterocycles. The molecule has 3 rings (SSSR count). The first-order chi connectivity index (χ1) is 13.4. The number of rotatable bonds is 7. The molecule has 0 radical (unpaired) electrons. The molecule has 152 valence electrons. The van der Waals surface area contributed by atoms with Gasteiger partial charge < -0.3 is 14.3 Å². The second-order valence-electron chi connectivity index (χ2n) is 8.93. The van der Waals surface area contributed by atoms with Crippen molar-refractivity contribution in [2.75, 3.05) is 26.2 Å². The predicted molar refractivity (Wildman–Crippen MR) is 115 cm³/mol. The molecule has 0 bridgehead atoms. The lowest BCUT2D eigenvalue weighted by Crippen LogP contribution is -2.50. The summed E-state index contributed by atoms with van der Waals surface area (Å²) in [6.07, 6.45) is 5.28. The molecule has 2 aromatic carbocycles. The lowest BCUT2D eigenvalue weighted by molar-refractivity contribution is -0.940. The van der Waals surface area contributed by atoms with E-state index in [9.17, 15) is 5.11 Å². The van der Waals surface area contributed by atoms with Crippen LogP contribution in [-0.4, -0.2) is 35.8 Å². The third-order valence-electron chi connectivity index (χ3n) is 6.06. The van der Waals surface area contributed by atoms with Crippen LogP contribution in [0.1, 0.15) is 56.2 Å². The molecule has 3 nitrogen and oxygen atoms in total. The van der Waals surface area contributed by atoms with Gasteiger partial charge in [0.1, 0.15) is 25.4 Å². The lowest BCUT2D eigenvalue weighted by Gasteiger charge is -2.38. The normalized spacial score (nSPS) is 17.1. The Morgan fingerprint density at radius 1 is 0.929 bits per heavy atom. The van der Waals surface area contributed by atoms with E-state index in [0.717, 1.165) is 34.4 Å². The van der Waals surface area contributed by atoms with Gasteiger partial charge in [-0.15, -0.1) is 0 Å². The van der Waals surface area contributed by atoms with Gasteiger partial charge in [-0.25, -0.2) is 0 Å². The molecule has 1 fully saturated rings. The molecule has 0 aliphatic carbocycles. The van der Waals surface area contributed by atoms with Crippen LogP contribution in [0.15, 0.2) is 48.5 Å². The van der Waals surface area contributed by atoms with Crippen LogP contribution >= 0.6 is 0 Å². The van der Waals surface area contributed by atoms with Crippen molar-refractivity contribution in [2.45, 2.75) is 58.6 Å². The first-order valence-corrected chi connectivity index (χ1v) is 10.7. The molecule has 0 atom stereocenters. The highest BCUT2D eigenvalue weighted by atomic mass is 16.5. The van der Waals surface area contributed by atoms with Crippen LogP contribution < -0.4 is 4.74 Å². The van der Waals surface area contributed by atoms with Gasteiger partial charge in [0.25, 0.3) is 0 Å². The number of aliphatic hydroxyl groups is 1. The Morgan fingerprint density at radius 3 is 2.25 bits per heavy atom. The maximum atomic E-state index is 10.5. The van der Waals surface area contributed by atoms with Gasteiger partial charge in [-0.3, -0.25) is 0 Å². The topological polar surface area (TPSA) is 29.5 Å². The number of benzene rings is 2. The standard InChI is InChI=1S/C25H36NO2/c1-21-12-11-15-23(25(2,3)27)24(21)28-19-18-26(16-9-4-5-10-17-26)20-22-13-7-6-8-14-22/h6-8,11-15,27H,4-5,9-10,16-20H2,1-3H3/q+1. The number of likely N-dealkylation sites (tertiary alicyclic amines) is 1. The van der Waals surface area contributed by atoms with Crippen LogP contribution in [0.4, 0.5) is 0 Å². The summed E-state index contributed by atoms with van der Waals surface area (Å²) < 4.78 is 7.43. The molecule has 0 amide bonds. The van der Waals surface area contributed by atoms with Crippen molar-refractivity contribution < 1.29 is 14.3 Å². The quantitative estimate of drug-likeness (QED) is 0.668. The van der Waals surface area contributed by atoms with E-state index in [-0.39, 0.29) is 0 Å². The van der Waals surface area contributed by atoms with Crippen molar-refractivity contribution in [2.24, 2.45) is 0 Å². The summed E-state index contributed by atoms with van der Waals surface area (Å²) in [5.74, 6) is 0.850. The Morgan fingerprint density at radius 2 is 1.61 bits per heavy atom. The largest absolute Gasteiger partial charge is 0.487 e. The third-order valence-corrected chi connectivity index (χ3v) is 6.06. The van der Waals surface area contributed by atoms with E-state index in [4.69, 9.17) is 4.74 Å². The Hall–Kier alpha value is -1.84. The molecule has 1 aliphatic rings. The first kappa shape index (κ1) is 20.9. The van der Waals surface area contributed by atoms with Crippen molar-refractivity contribution in [3.05, 3.63) is 65.2 Å². The van der Waals surface area contributed by atoms with E-state index in [1.54, 1.807) is 0 Å². The molecular weight excluding hydrogens is 346 g/mol. The SMILES string of the molecule is Cc1cccc(C(C)(C)O)c1OCC[N+]1(Cc2ccccc2)CCCCCC1. The Bertz CT molecular complexity index is 741. The Kier molecular flexibility index (Phi) is 6.79. The van der Waals surface area contributed by atoms with Gasteiger partial charge in [0.2, 0.25) is 0 Å². The number of hydrogen-bond donors (Lipinski definition) is 1. The van der Waals surface area contributed by atoms with Gasteiger partial charge in [0, 0.05) is 11.1 Å². The van der Waals surface area contributed by atoms with Crippen LogP contribution in [0.2, 0.25) is 0 Å². The molecule has 0 saturated carbocycles. The smallest absolute Gasteiger partial charge is 0.137 e. The van der Waals surface area contributed by atoms with Crippen LogP contribution in [0.5, 0.6) is 5.75 Å². The van der Waals surface area contributed by atoms with Crippen LogP contribution in [-0.2, 0) is 12.1 Å². The summed E-state index contributed by atoms with van der Waals surface area (Å²) in [5, 5.41) is 10.5. The van der Waals surface area contributed by atoms with Crippen LogP contribution in [0, 0.1) is 6.92 Å². The predicted octanol–water partition coefficient (Wildman–Crippen LogP) is 5.19. The fourth-order valence-corrected chi connectivity index (χ4v) is 4.46. The second-order valence-corrected chi connectivity index (χ2v) is 8.93. The fourth-order valence-electron chi connectivity index (χ4n) is 4.46. The van der Waals surface area contributed by atoms with Crippen molar-refractivity contribution >= 4 is 0 Å². The Labute approximate surface area is 170 Å². The zero-order chi connectivity index (χ0) is 20.0. The molecule has 1 saturated heterocycles. The summed E-state index contributed by atoms with van der Waals surface area (Å²) in [6, 6.07) is 16.9. The maximum absolute atomic E-state index is 10.5. The van der Waals surface area contributed by atoms with Gasteiger partial charge in [-0.1, -0.05) is 48.5 Å². The third kappa shape index (κ3) is 5.36. The van der Waals surface area contributed by atoms with Gasteiger partial charge in [-0.05, 0) is 52.0 Å². The molecule has 1 aliphatic heterocycles. The maximum Gasteiger partial charge on any atom is 0.137 e. The van der Waals surface area contributed by atoms with E-state index < -0.39 is 5.60 Å². The summed E-state index contributed by atoms with van der Waals surface area (Å²) in [7, 11) is 0. The second kappa shape index (κ2) is 9.11. The number of hydrogen-bond acceptors (Lipinski definition) is 2. The van der Waals surface area contributed by atoms with Crippen molar-refractivity contribution in [3.8, 4) is 5.75 Å². The zero-order valence-electron chi connectivity index (χ0n) is 17.8. The van der Waals surface area contributed by atoms with E-state index >= 15 is 0 Å². The number of aryl methyl sites for hydroxylation is 1. The van der Waals surface area contributed by atoms with Gasteiger partial charge in [0.05, 0.1) is 18.7 Å².